The zero-order valence-electron chi connectivity index (χ0n) is 9.60. The molecule has 0 aliphatic heterocycles. The summed E-state index contributed by atoms with van der Waals surface area (Å²) in [4.78, 5) is 13.4. The first-order valence-electron chi connectivity index (χ1n) is 4.56. The van der Waals surface area contributed by atoms with E-state index in [2.05, 4.69) is 15.0 Å². The van der Waals surface area contributed by atoms with Gasteiger partial charge in [0.15, 0.2) is 0 Å². The standard InChI is InChI=1S/C7H14N6O2.Na/c1-3-13(4-2)7-9-5(11-14)8-6(10-7)12-15;/h14-15H,3-4H2,1-2H3,(H2,8,9,10,11,12);. The van der Waals surface area contributed by atoms with Crippen molar-refractivity contribution in [2.24, 2.45) is 0 Å². The molecule has 9 heteroatoms. The van der Waals surface area contributed by atoms with Gasteiger partial charge in [0.1, 0.15) is 0 Å². The van der Waals surface area contributed by atoms with Crippen LogP contribution in [0.2, 0.25) is 0 Å². The number of aromatic nitrogens is 3. The fourth-order valence-electron chi connectivity index (χ4n) is 1.11. The molecule has 4 N–H and O–H groups in total. The van der Waals surface area contributed by atoms with Crippen LogP contribution in [0.1, 0.15) is 13.8 Å². The summed E-state index contributed by atoms with van der Waals surface area (Å²) in [7, 11) is 0. The normalized spacial score (nSPS) is 9.25. The van der Waals surface area contributed by atoms with E-state index in [-0.39, 0.29) is 41.5 Å². The summed E-state index contributed by atoms with van der Waals surface area (Å²) in [6, 6.07) is 0. The third-order valence-corrected chi connectivity index (χ3v) is 1.87. The van der Waals surface area contributed by atoms with Gasteiger partial charge in [-0.3, -0.25) is 10.4 Å². The number of hydrogen-bond donors (Lipinski definition) is 4. The number of hydrogen-bond acceptors (Lipinski definition) is 8. The van der Waals surface area contributed by atoms with Crippen LogP contribution in [0, 0.1) is 0 Å². The molecule has 0 saturated carbocycles. The second-order valence-electron chi connectivity index (χ2n) is 2.68. The van der Waals surface area contributed by atoms with E-state index in [1.165, 1.54) is 0 Å². The topological polar surface area (TPSA) is 106 Å². The van der Waals surface area contributed by atoms with Crippen LogP contribution >= 0.6 is 0 Å². The third kappa shape index (κ3) is 3.72. The molecule has 0 aliphatic rings. The van der Waals surface area contributed by atoms with Crippen LogP contribution in [-0.4, -0.2) is 68.0 Å². The first kappa shape index (κ1) is 15.3. The molecule has 0 aromatic carbocycles. The largest absolute Gasteiger partial charge is 0.341 e. The molecule has 1 radical (unpaired) electrons. The van der Waals surface area contributed by atoms with Gasteiger partial charge in [-0.1, -0.05) is 0 Å². The molecule has 0 atom stereocenters. The molecule has 1 aromatic heterocycles. The third-order valence-electron chi connectivity index (χ3n) is 1.87. The fourth-order valence-corrected chi connectivity index (χ4v) is 1.11. The Hall–Kier alpha value is -0.670. The maximum Gasteiger partial charge on any atom is 0.253 e. The summed E-state index contributed by atoms with van der Waals surface area (Å²) in [5.41, 5.74) is 3.61. The van der Waals surface area contributed by atoms with E-state index in [1.807, 2.05) is 18.7 Å². The Morgan fingerprint density at radius 1 is 1.00 bits per heavy atom. The Morgan fingerprint density at radius 3 is 1.75 bits per heavy atom. The van der Waals surface area contributed by atoms with E-state index in [0.29, 0.717) is 5.95 Å². The van der Waals surface area contributed by atoms with Crippen molar-refractivity contribution < 1.29 is 10.4 Å². The van der Waals surface area contributed by atoms with E-state index in [4.69, 9.17) is 10.4 Å². The summed E-state index contributed by atoms with van der Waals surface area (Å²) in [5, 5.41) is 17.4. The second kappa shape index (κ2) is 7.58. The molecule has 0 unspecified atom stereocenters. The van der Waals surface area contributed by atoms with Crippen molar-refractivity contribution in [3.05, 3.63) is 0 Å². The number of anilines is 3. The molecule has 0 saturated heterocycles. The van der Waals surface area contributed by atoms with Crippen molar-refractivity contribution in [1.29, 1.82) is 0 Å². The van der Waals surface area contributed by atoms with Crippen LogP contribution < -0.4 is 15.9 Å². The molecule has 1 aromatic rings. The molecule has 0 bridgehead atoms. The summed E-state index contributed by atoms with van der Waals surface area (Å²) >= 11 is 0. The van der Waals surface area contributed by atoms with Crippen LogP contribution in [0.5, 0.6) is 0 Å². The van der Waals surface area contributed by atoms with Crippen LogP contribution in [0.25, 0.3) is 0 Å². The number of nitrogens with zero attached hydrogens (tertiary/aromatic N) is 4. The van der Waals surface area contributed by atoms with E-state index in [9.17, 15) is 0 Å². The van der Waals surface area contributed by atoms with E-state index in [1.54, 1.807) is 11.0 Å². The number of rotatable bonds is 5. The van der Waals surface area contributed by atoms with Gasteiger partial charge in [-0.15, -0.1) is 0 Å². The first-order chi connectivity index (χ1) is 7.24. The minimum absolute atomic E-state index is 0. The van der Waals surface area contributed by atoms with E-state index in [0.717, 1.165) is 13.1 Å². The van der Waals surface area contributed by atoms with Gasteiger partial charge in [0, 0.05) is 42.6 Å². The Morgan fingerprint density at radius 2 is 1.44 bits per heavy atom. The predicted molar refractivity (Wildman–Crippen MR) is 60.0 cm³/mol. The molecule has 1 rings (SSSR count). The van der Waals surface area contributed by atoms with Gasteiger partial charge in [-0.2, -0.15) is 15.0 Å². The Kier molecular flexibility index (Phi) is 7.26. The Balaban J connectivity index is 0.00000225. The summed E-state index contributed by atoms with van der Waals surface area (Å²) in [6.07, 6.45) is 0. The zero-order valence-corrected chi connectivity index (χ0v) is 11.6. The molecular weight excluding hydrogens is 223 g/mol. The van der Waals surface area contributed by atoms with E-state index >= 15 is 0 Å². The molecule has 0 aliphatic carbocycles. The minimum atomic E-state index is -0.0246. The molecule has 0 spiro atoms. The van der Waals surface area contributed by atoms with Gasteiger partial charge < -0.3 is 4.90 Å². The summed E-state index contributed by atoms with van der Waals surface area (Å²) in [5.74, 6) is 0.329. The van der Waals surface area contributed by atoms with Crippen LogP contribution in [0.15, 0.2) is 0 Å². The van der Waals surface area contributed by atoms with Crippen LogP contribution in [0.4, 0.5) is 17.8 Å². The van der Waals surface area contributed by atoms with Gasteiger partial charge in [-0.05, 0) is 13.8 Å². The zero-order chi connectivity index (χ0) is 11.3. The number of nitrogens with one attached hydrogen (secondary N) is 2. The SMILES string of the molecule is CCN(CC)c1nc(NO)nc(NO)n1.[Na]. The second-order valence-corrected chi connectivity index (χ2v) is 2.68. The molecule has 1 heterocycles. The maximum absolute atomic E-state index is 8.68. The summed E-state index contributed by atoms with van der Waals surface area (Å²) in [6.45, 7) is 5.34. The maximum atomic E-state index is 8.68. The van der Waals surface area contributed by atoms with Crippen LogP contribution in [0.3, 0.4) is 0 Å². The Bertz CT molecular complexity index is 299. The minimum Gasteiger partial charge on any atom is -0.341 e. The monoisotopic (exact) mass is 237 g/mol. The predicted octanol–water partition coefficient (Wildman–Crippen LogP) is -0.0608. The van der Waals surface area contributed by atoms with Gasteiger partial charge in [0.2, 0.25) is 5.95 Å². The van der Waals surface area contributed by atoms with Crippen molar-refractivity contribution in [3.63, 3.8) is 0 Å². The van der Waals surface area contributed by atoms with Gasteiger partial charge >= 0.3 is 0 Å². The fraction of sp³-hybridized carbons (Fsp3) is 0.571. The average Bonchev–Trinajstić information content (AvgIpc) is 2.30. The average molecular weight is 237 g/mol. The van der Waals surface area contributed by atoms with Crippen molar-refractivity contribution in [1.82, 2.24) is 15.0 Å². The van der Waals surface area contributed by atoms with Gasteiger partial charge in [0.25, 0.3) is 11.9 Å². The molecule has 16 heavy (non-hydrogen) atoms. The van der Waals surface area contributed by atoms with E-state index < -0.39 is 0 Å². The van der Waals surface area contributed by atoms with Crippen molar-refractivity contribution >= 4 is 47.4 Å². The van der Waals surface area contributed by atoms with Crippen molar-refractivity contribution in [3.8, 4) is 0 Å². The van der Waals surface area contributed by atoms with Crippen LogP contribution in [-0.2, 0) is 0 Å². The van der Waals surface area contributed by atoms with Crippen molar-refractivity contribution in [2.45, 2.75) is 13.8 Å². The molecule has 0 fully saturated rings. The smallest absolute Gasteiger partial charge is 0.253 e. The quantitative estimate of drug-likeness (QED) is 0.417. The molecule has 0 amide bonds. The molecule has 8 nitrogen and oxygen atoms in total. The van der Waals surface area contributed by atoms with Gasteiger partial charge in [0.05, 0.1) is 0 Å². The first-order valence-corrected chi connectivity index (χ1v) is 4.56. The molecular formula is C7H14N6NaO2. The van der Waals surface area contributed by atoms with Gasteiger partial charge in [-0.25, -0.2) is 11.0 Å². The Labute approximate surface area is 115 Å². The summed E-state index contributed by atoms with van der Waals surface area (Å²) < 4.78 is 0. The molecule has 85 valence electrons. The van der Waals surface area contributed by atoms with Crippen molar-refractivity contribution in [2.75, 3.05) is 28.9 Å².